The highest BCUT2D eigenvalue weighted by molar-refractivity contribution is 5.71. The average molecular weight is 1030 g/mol. The molecule has 0 fully saturated rings. The third kappa shape index (κ3) is 60.4. The molecule has 0 aromatic rings. The molecule has 0 aliphatic heterocycles. The topological polar surface area (TPSA) is 78.9 Å². The number of hydrogen-bond donors (Lipinski definition) is 0. The summed E-state index contributed by atoms with van der Waals surface area (Å²) in [6.07, 6.45) is 76.5. The number of carbonyl (C=O) groups is 3. The molecule has 0 N–H and O–H groups in total. The van der Waals surface area contributed by atoms with E-state index in [-0.39, 0.29) is 31.1 Å². The van der Waals surface area contributed by atoms with Crippen LogP contribution in [0.5, 0.6) is 0 Å². The van der Waals surface area contributed by atoms with Gasteiger partial charge in [-0.1, -0.05) is 295 Å². The lowest BCUT2D eigenvalue weighted by Crippen LogP contribution is -2.30. The Morgan fingerprint density at radius 2 is 0.493 bits per heavy atom. The van der Waals surface area contributed by atoms with Crippen LogP contribution in [-0.4, -0.2) is 37.2 Å². The lowest BCUT2D eigenvalue weighted by atomic mass is 10.0. The molecule has 0 aromatic heterocycles. The molecule has 1 atom stereocenters. The summed E-state index contributed by atoms with van der Waals surface area (Å²) in [4.78, 5) is 37.9. The smallest absolute Gasteiger partial charge is 0.306 e. The summed E-state index contributed by atoms with van der Waals surface area (Å²) in [6, 6.07) is 0. The number of unbranched alkanes of at least 4 members (excludes halogenated alkanes) is 43. The normalized spacial score (nSPS) is 12.2. The van der Waals surface area contributed by atoms with Crippen molar-refractivity contribution in [2.45, 2.75) is 361 Å². The van der Waals surface area contributed by atoms with Crippen LogP contribution in [0.1, 0.15) is 355 Å². The summed E-state index contributed by atoms with van der Waals surface area (Å²) in [5.41, 5.74) is 0. The maximum absolute atomic E-state index is 12.8. The number of carbonyl (C=O) groups excluding carboxylic acids is 3. The first-order chi connectivity index (χ1) is 36.0. The Morgan fingerprint density at radius 1 is 0.274 bits per heavy atom. The quantitative estimate of drug-likeness (QED) is 0.0261. The first-order valence-corrected chi connectivity index (χ1v) is 32.5. The van der Waals surface area contributed by atoms with Crippen molar-refractivity contribution in [3.05, 3.63) is 36.5 Å². The van der Waals surface area contributed by atoms with E-state index in [1.165, 1.54) is 238 Å². The van der Waals surface area contributed by atoms with Gasteiger partial charge in [0.25, 0.3) is 0 Å². The van der Waals surface area contributed by atoms with E-state index in [1.807, 2.05) is 0 Å². The van der Waals surface area contributed by atoms with Gasteiger partial charge in [0.1, 0.15) is 13.2 Å². The zero-order chi connectivity index (χ0) is 52.9. The second-order valence-electron chi connectivity index (χ2n) is 22.0. The van der Waals surface area contributed by atoms with Crippen LogP contribution in [0.25, 0.3) is 0 Å². The summed E-state index contributed by atoms with van der Waals surface area (Å²) in [5.74, 6) is -0.876. The number of rotatable bonds is 60. The predicted octanol–water partition coefficient (Wildman–Crippen LogP) is 22.0. The Balaban J connectivity index is 3.89. The summed E-state index contributed by atoms with van der Waals surface area (Å²) >= 11 is 0. The third-order valence-electron chi connectivity index (χ3n) is 14.6. The minimum absolute atomic E-state index is 0.0718. The lowest BCUT2D eigenvalue weighted by Gasteiger charge is -2.18. The highest BCUT2D eigenvalue weighted by Gasteiger charge is 2.19. The summed E-state index contributed by atoms with van der Waals surface area (Å²) in [5, 5.41) is 0. The molecule has 6 heteroatoms. The van der Waals surface area contributed by atoms with Gasteiger partial charge >= 0.3 is 17.9 Å². The van der Waals surface area contributed by atoms with Crippen molar-refractivity contribution in [2.24, 2.45) is 0 Å². The average Bonchev–Trinajstić information content (AvgIpc) is 3.39. The Kier molecular flexibility index (Phi) is 60.2. The molecule has 0 aromatic carbocycles. The van der Waals surface area contributed by atoms with Gasteiger partial charge in [0.2, 0.25) is 0 Å². The number of allylic oxidation sites excluding steroid dienone is 6. The Bertz CT molecular complexity index is 1220. The molecule has 0 amide bonds. The fourth-order valence-corrected chi connectivity index (χ4v) is 9.71. The zero-order valence-corrected chi connectivity index (χ0v) is 49.2. The Hall–Kier alpha value is -2.37. The van der Waals surface area contributed by atoms with Crippen molar-refractivity contribution in [1.82, 2.24) is 0 Å². The molecule has 6 nitrogen and oxygen atoms in total. The van der Waals surface area contributed by atoms with E-state index >= 15 is 0 Å². The highest BCUT2D eigenvalue weighted by atomic mass is 16.6. The molecule has 0 saturated heterocycles. The van der Waals surface area contributed by atoms with Crippen molar-refractivity contribution < 1.29 is 28.6 Å². The molecule has 0 aliphatic carbocycles. The van der Waals surface area contributed by atoms with Gasteiger partial charge in [0.15, 0.2) is 6.10 Å². The van der Waals surface area contributed by atoms with E-state index in [1.54, 1.807) is 0 Å². The number of ether oxygens (including phenoxy) is 3. The molecule has 0 heterocycles. The molecule has 0 aliphatic rings. The fourth-order valence-electron chi connectivity index (χ4n) is 9.71. The van der Waals surface area contributed by atoms with Crippen LogP contribution < -0.4 is 0 Å². The van der Waals surface area contributed by atoms with Gasteiger partial charge in [-0.25, -0.2) is 0 Å². The van der Waals surface area contributed by atoms with E-state index in [0.717, 1.165) is 77.0 Å². The van der Waals surface area contributed by atoms with Crippen molar-refractivity contribution in [3.63, 3.8) is 0 Å². The second-order valence-corrected chi connectivity index (χ2v) is 22.0. The monoisotopic (exact) mass is 1020 g/mol. The number of hydrogen-bond acceptors (Lipinski definition) is 6. The van der Waals surface area contributed by atoms with E-state index in [2.05, 4.69) is 57.2 Å². The van der Waals surface area contributed by atoms with Crippen molar-refractivity contribution in [2.75, 3.05) is 13.2 Å². The number of esters is 3. The Labute approximate surface area is 455 Å². The highest BCUT2D eigenvalue weighted by Crippen LogP contribution is 2.18. The van der Waals surface area contributed by atoms with E-state index in [0.29, 0.717) is 19.3 Å². The molecular formula is C67H124O6. The van der Waals surface area contributed by atoms with Gasteiger partial charge in [0.05, 0.1) is 0 Å². The molecule has 0 rings (SSSR count). The van der Waals surface area contributed by atoms with E-state index in [9.17, 15) is 14.4 Å². The van der Waals surface area contributed by atoms with Crippen LogP contribution in [0.3, 0.4) is 0 Å². The van der Waals surface area contributed by atoms with Crippen LogP contribution in [0.2, 0.25) is 0 Å². The summed E-state index contributed by atoms with van der Waals surface area (Å²) in [6.45, 7) is 6.57. The van der Waals surface area contributed by atoms with Gasteiger partial charge in [-0.2, -0.15) is 0 Å². The fraction of sp³-hybridized carbons (Fsp3) is 0.866. The first kappa shape index (κ1) is 70.6. The van der Waals surface area contributed by atoms with Gasteiger partial charge in [-0.05, 0) is 77.0 Å². The van der Waals surface area contributed by atoms with Gasteiger partial charge in [0, 0.05) is 19.3 Å². The molecule has 0 bridgehead atoms. The van der Waals surface area contributed by atoms with Crippen molar-refractivity contribution >= 4 is 17.9 Å². The first-order valence-electron chi connectivity index (χ1n) is 32.5. The molecule has 1 unspecified atom stereocenters. The van der Waals surface area contributed by atoms with Crippen molar-refractivity contribution in [3.8, 4) is 0 Å². The van der Waals surface area contributed by atoms with Crippen LogP contribution >= 0.6 is 0 Å². The van der Waals surface area contributed by atoms with Gasteiger partial charge in [-0.15, -0.1) is 0 Å². The standard InChI is InChI=1S/C67H124O6/c1-4-7-10-13-15-17-19-21-23-25-26-27-28-29-30-31-32-33-34-35-36-37-38-39-40-42-43-45-47-49-51-54-57-60-66(69)72-63-64(62-71-65(68)59-56-53-12-9-6-3)73-67(70)61-58-55-52-50-48-46-44-41-24-22-20-18-16-14-11-8-5-2/h16,18,22,24-26,64H,4-15,17,19-21,23,27-63H2,1-3H3/b18-16-,24-22-,26-25-. The van der Waals surface area contributed by atoms with Crippen LogP contribution in [0, 0.1) is 0 Å². The summed E-state index contributed by atoms with van der Waals surface area (Å²) < 4.78 is 16.8. The molecule has 0 radical (unpaired) electrons. The van der Waals surface area contributed by atoms with Crippen LogP contribution in [0.4, 0.5) is 0 Å². The van der Waals surface area contributed by atoms with E-state index < -0.39 is 6.10 Å². The SMILES string of the molecule is CCCCC/C=C\C/C=C\CCCCCCCCCC(=O)OC(COC(=O)CCCCCCC)COC(=O)CCCCCCCCCCCCCCCCCCCCCCC/C=C\CCCCCCCCCC. The Morgan fingerprint density at radius 3 is 0.795 bits per heavy atom. The largest absolute Gasteiger partial charge is 0.462 e. The molecular weight excluding hydrogens is 901 g/mol. The maximum Gasteiger partial charge on any atom is 0.306 e. The van der Waals surface area contributed by atoms with Crippen LogP contribution in [-0.2, 0) is 28.6 Å². The maximum atomic E-state index is 12.8. The second kappa shape index (κ2) is 62.2. The third-order valence-corrected chi connectivity index (χ3v) is 14.6. The zero-order valence-electron chi connectivity index (χ0n) is 49.2. The summed E-state index contributed by atoms with van der Waals surface area (Å²) in [7, 11) is 0. The minimum Gasteiger partial charge on any atom is -0.462 e. The minimum atomic E-state index is -0.770. The molecule has 73 heavy (non-hydrogen) atoms. The van der Waals surface area contributed by atoms with Crippen LogP contribution in [0.15, 0.2) is 36.5 Å². The van der Waals surface area contributed by atoms with Gasteiger partial charge < -0.3 is 14.2 Å². The molecule has 0 spiro atoms. The molecule has 428 valence electrons. The predicted molar refractivity (Wildman–Crippen MR) is 316 cm³/mol. The van der Waals surface area contributed by atoms with Gasteiger partial charge in [-0.3, -0.25) is 14.4 Å². The lowest BCUT2D eigenvalue weighted by molar-refractivity contribution is -0.167. The van der Waals surface area contributed by atoms with E-state index in [4.69, 9.17) is 14.2 Å². The van der Waals surface area contributed by atoms with Crippen molar-refractivity contribution in [1.29, 1.82) is 0 Å². The molecule has 0 saturated carbocycles.